The van der Waals surface area contributed by atoms with E-state index in [4.69, 9.17) is 9.31 Å². The molecule has 1 fully saturated rings. The van der Waals surface area contributed by atoms with Crippen molar-refractivity contribution >= 4 is 34.8 Å². The molecule has 1 saturated heterocycles. The highest BCUT2D eigenvalue weighted by Crippen LogP contribution is 2.37. The van der Waals surface area contributed by atoms with Gasteiger partial charge >= 0.3 is 7.12 Å². The molecule has 1 aliphatic heterocycles. The summed E-state index contributed by atoms with van der Waals surface area (Å²) in [5.74, 6) is -0.608. The van der Waals surface area contributed by atoms with Crippen LogP contribution in [-0.4, -0.2) is 24.6 Å². The Balaban J connectivity index is 2.48. The molecule has 1 aromatic rings. The first-order chi connectivity index (χ1) is 8.69. The summed E-state index contributed by atoms with van der Waals surface area (Å²) >= 11 is 3.28. The summed E-state index contributed by atoms with van der Waals surface area (Å²) in [6, 6.07) is 3.04. The average Bonchev–Trinajstić information content (AvgIpc) is 2.48. The first kappa shape index (κ1) is 14.7. The average molecular weight is 329 g/mol. The molecule has 0 bridgehead atoms. The minimum Gasteiger partial charge on any atom is -0.399 e. The van der Waals surface area contributed by atoms with Gasteiger partial charge in [-0.05, 0) is 39.8 Å². The van der Waals surface area contributed by atoms with Crippen LogP contribution in [0.2, 0.25) is 0 Å². The Morgan fingerprint density at radius 2 is 1.74 bits per heavy atom. The molecular formula is C13H15BBrFO3. The van der Waals surface area contributed by atoms with Crippen molar-refractivity contribution in [2.75, 3.05) is 0 Å². The van der Waals surface area contributed by atoms with E-state index in [-0.39, 0.29) is 11.0 Å². The van der Waals surface area contributed by atoms with Gasteiger partial charge in [0.25, 0.3) is 0 Å². The molecule has 1 aromatic carbocycles. The van der Waals surface area contributed by atoms with Crippen molar-refractivity contribution in [3.05, 3.63) is 28.0 Å². The van der Waals surface area contributed by atoms with E-state index in [1.165, 1.54) is 6.07 Å². The smallest absolute Gasteiger partial charge is 0.399 e. The van der Waals surface area contributed by atoms with Crippen LogP contribution in [-0.2, 0) is 9.31 Å². The summed E-state index contributed by atoms with van der Waals surface area (Å²) in [6.07, 6.45) is 0.483. The van der Waals surface area contributed by atoms with Crippen molar-refractivity contribution in [1.82, 2.24) is 0 Å². The summed E-state index contributed by atoms with van der Waals surface area (Å²) in [5.41, 5.74) is -0.891. The van der Waals surface area contributed by atoms with E-state index < -0.39 is 24.1 Å². The van der Waals surface area contributed by atoms with E-state index in [1.807, 2.05) is 27.7 Å². The van der Waals surface area contributed by atoms with Gasteiger partial charge in [0.05, 0.1) is 11.2 Å². The maximum atomic E-state index is 14.3. The van der Waals surface area contributed by atoms with Crippen molar-refractivity contribution in [1.29, 1.82) is 0 Å². The molecule has 19 heavy (non-hydrogen) atoms. The van der Waals surface area contributed by atoms with Crippen LogP contribution in [0.15, 0.2) is 16.6 Å². The highest BCUT2D eigenvalue weighted by Gasteiger charge is 2.53. The largest absolute Gasteiger partial charge is 0.499 e. The second-order valence-electron chi connectivity index (χ2n) is 5.57. The van der Waals surface area contributed by atoms with Crippen molar-refractivity contribution in [3.63, 3.8) is 0 Å². The predicted octanol–water partition coefficient (Wildman–Crippen LogP) is 2.70. The van der Waals surface area contributed by atoms with Crippen LogP contribution in [0.3, 0.4) is 0 Å². The molecule has 2 rings (SSSR count). The van der Waals surface area contributed by atoms with E-state index in [9.17, 15) is 9.18 Å². The summed E-state index contributed by atoms with van der Waals surface area (Å²) in [6.45, 7) is 7.57. The maximum Gasteiger partial charge on any atom is 0.499 e. The molecule has 102 valence electrons. The zero-order valence-electron chi connectivity index (χ0n) is 11.3. The zero-order chi connectivity index (χ0) is 14.4. The minimum atomic E-state index is -0.834. The highest BCUT2D eigenvalue weighted by molar-refractivity contribution is 9.10. The van der Waals surface area contributed by atoms with E-state index in [0.717, 1.165) is 0 Å². The molecule has 0 unspecified atom stereocenters. The number of benzene rings is 1. The predicted molar refractivity (Wildman–Crippen MR) is 75.2 cm³/mol. The van der Waals surface area contributed by atoms with Crippen LogP contribution in [0.5, 0.6) is 0 Å². The third-order valence-corrected chi connectivity index (χ3v) is 4.46. The number of halogens is 2. The normalized spacial score (nSPS) is 20.6. The lowest BCUT2D eigenvalue weighted by Gasteiger charge is -2.32. The fourth-order valence-corrected chi connectivity index (χ4v) is 2.35. The van der Waals surface area contributed by atoms with E-state index in [1.54, 1.807) is 6.07 Å². The van der Waals surface area contributed by atoms with Gasteiger partial charge < -0.3 is 9.31 Å². The Kier molecular flexibility index (Phi) is 3.62. The first-order valence-corrected chi connectivity index (χ1v) is 6.77. The van der Waals surface area contributed by atoms with Gasteiger partial charge in [0.2, 0.25) is 0 Å². The standard InChI is InChI=1S/C13H15BBrFO3/c1-12(2)13(3,4)19-14(18-12)10-9(15)6-5-8(7-17)11(10)16/h5-7H,1-4H3. The fourth-order valence-electron chi connectivity index (χ4n) is 1.85. The van der Waals surface area contributed by atoms with Crippen molar-refractivity contribution in [3.8, 4) is 0 Å². The lowest BCUT2D eigenvalue weighted by molar-refractivity contribution is 0.00578. The summed E-state index contributed by atoms with van der Waals surface area (Å²) in [7, 11) is -0.834. The molecule has 0 saturated carbocycles. The Hall–Kier alpha value is -0.715. The van der Waals surface area contributed by atoms with E-state index >= 15 is 0 Å². The summed E-state index contributed by atoms with van der Waals surface area (Å²) < 4.78 is 26.4. The van der Waals surface area contributed by atoms with E-state index in [2.05, 4.69) is 15.9 Å². The van der Waals surface area contributed by atoms with Gasteiger partial charge in [0.1, 0.15) is 5.82 Å². The number of hydrogen-bond acceptors (Lipinski definition) is 3. The minimum absolute atomic E-state index is 0.00656. The molecule has 0 amide bonds. The van der Waals surface area contributed by atoms with E-state index in [0.29, 0.717) is 10.8 Å². The number of hydrogen-bond donors (Lipinski definition) is 0. The summed E-state index contributed by atoms with van der Waals surface area (Å²) in [4.78, 5) is 10.8. The summed E-state index contributed by atoms with van der Waals surface area (Å²) in [5, 5.41) is 0. The Morgan fingerprint density at radius 3 is 2.21 bits per heavy atom. The Morgan fingerprint density at radius 1 is 1.21 bits per heavy atom. The number of rotatable bonds is 2. The SMILES string of the molecule is CC1(C)OB(c2c(Br)ccc(C=O)c2F)OC1(C)C. The Labute approximate surface area is 120 Å². The van der Waals surface area contributed by atoms with Gasteiger partial charge in [-0.3, -0.25) is 4.79 Å². The third kappa shape index (κ3) is 2.37. The molecule has 0 N–H and O–H groups in total. The topological polar surface area (TPSA) is 35.5 Å². The molecule has 0 aliphatic carbocycles. The highest BCUT2D eigenvalue weighted by atomic mass is 79.9. The molecular weight excluding hydrogens is 314 g/mol. The second-order valence-corrected chi connectivity index (χ2v) is 6.42. The Bertz CT molecular complexity index is 515. The van der Waals surface area contributed by atoms with Gasteiger partial charge in [-0.1, -0.05) is 15.9 Å². The van der Waals surface area contributed by atoms with Crippen LogP contribution >= 0.6 is 15.9 Å². The molecule has 3 nitrogen and oxygen atoms in total. The zero-order valence-corrected chi connectivity index (χ0v) is 12.9. The van der Waals surface area contributed by atoms with Crippen molar-refractivity contribution in [2.45, 2.75) is 38.9 Å². The molecule has 1 heterocycles. The van der Waals surface area contributed by atoms with Crippen LogP contribution in [0.4, 0.5) is 4.39 Å². The van der Waals surface area contributed by atoms with Gasteiger partial charge in [-0.25, -0.2) is 4.39 Å². The molecule has 1 aliphatic rings. The first-order valence-electron chi connectivity index (χ1n) is 5.98. The number of carbonyl (C=O) groups is 1. The van der Waals surface area contributed by atoms with Crippen LogP contribution in [0, 0.1) is 5.82 Å². The molecule has 0 radical (unpaired) electrons. The lowest BCUT2D eigenvalue weighted by Crippen LogP contribution is -2.41. The van der Waals surface area contributed by atoms with Gasteiger partial charge in [0, 0.05) is 15.5 Å². The third-order valence-electron chi connectivity index (χ3n) is 3.77. The maximum absolute atomic E-state index is 14.3. The fraction of sp³-hybridized carbons (Fsp3) is 0.462. The number of carbonyl (C=O) groups excluding carboxylic acids is 1. The van der Waals surface area contributed by atoms with Crippen molar-refractivity contribution in [2.24, 2.45) is 0 Å². The van der Waals surface area contributed by atoms with Gasteiger partial charge in [-0.15, -0.1) is 0 Å². The lowest BCUT2D eigenvalue weighted by atomic mass is 9.78. The van der Waals surface area contributed by atoms with Crippen molar-refractivity contribution < 1.29 is 18.5 Å². The molecule has 0 atom stereocenters. The monoisotopic (exact) mass is 328 g/mol. The second kappa shape index (κ2) is 4.68. The van der Waals surface area contributed by atoms with Gasteiger partial charge in [0.15, 0.2) is 6.29 Å². The quantitative estimate of drug-likeness (QED) is 0.618. The van der Waals surface area contributed by atoms with Crippen LogP contribution < -0.4 is 5.46 Å². The van der Waals surface area contributed by atoms with Crippen LogP contribution in [0.1, 0.15) is 38.1 Å². The molecule has 0 aromatic heterocycles. The molecule has 0 spiro atoms. The van der Waals surface area contributed by atoms with Gasteiger partial charge in [-0.2, -0.15) is 0 Å². The molecule has 6 heteroatoms. The number of aldehydes is 1. The van der Waals surface area contributed by atoms with Crippen LogP contribution in [0.25, 0.3) is 0 Å².